The van der Waals surface area contributed by atoms with E-state index in [4.69, 9.17) is 0 Å². The molecule has 148 valence electrons. The molecule has 0 spiro atoms. The highest BCUT2D eigenvalue weighted by Crippen LogP contribution is 2.44. The molecule has 0 saturated heterocycles. The van der Waals surface area contributed by atoms with Gasteiger partial charge >= 0.3 is 0 Å². The second kappa shape index (κ2) is 8.55. The van der Waals surface area contributed by atoms with Crippen LogP contribution in [0.5, 0.6) is 0 Å². The van der Waals surface area contributed by atoms with Crippen molar-refractivity contribution in [1.82, 2.24) is 0 Å². The molecule has 4 rings (SSSR count). The van der Waals surface area contributed by atoms with Crippen LogP contribution in [0.3, 0.4) is 0 Å². The normalized spacial score (nSPS) is 19.5. The largest absolute Gasteiger partial charge is 0.300 e. The maximum Gasteiger partial charge on any atom is 0.134 e. The van der Waals surface area contributed by atoms with Crippen LogP contribution in [0.2, 0.25) is 0 Å². The van der Waals surface area contributed by atoms with Gasteiger partial charge < -0.3 is 0 Å². The number of halogens is 2. The molecule has 2 atom stereocenters. The SMILES string of the molecule is O=C(C[C@H](c1ccc(F)cc1)C1CCC1)C[C@@H](c1ccc(F)cc1)C1CCC1. The Kier molecular flexibility index (Phi) is 5.89. The third kappa shape index (κ3) is 4.34. The third-order valence-corrected chi connectivity index (χ3v) is 6.93. The highest BCUT2D eigenvalue weighted by molar-refractivity contribution is 5.80. The second-order valence-corrected chi connectivity index (χ2v) is 8.64. The fraction of sp³-hybridized carbons (Fsp3) is 0.480. The maximum atomic E-state index is 13.3. The van der Waals surface area contributed by atoms with Gasteiger partial charge in [-0.2, -0.15) is 0 Å². The number of hydrogen-bond acceptors (Lipinski definition) is 1. The number of Topliss-reactive ketones (excluding diaryl/α,β-unsaturated/α-hetero) is 1. The molecule has 1 nitrogen and oxygen atoms in total. The molecular weight excluding hydrogens is 354 g/mol. The highest BCUT2D eigenvalue weighted by Gasteiger charge is 2.33. The molecule has 0 N–H and O–H groups in total. The Balaban J connectivity index is 1.48. The molecule has 0 radical (unpaired) electrons. The van der Waals surface area contributed by atoms with Crippen LogP contribution in [-0.4, -0.2) is 5.78 Å². The lowest BCUT2D eigenvalue weighted by molar-refractivity contribution is -0.120. The molecule has 0 amide bonds. The number of carbonyl (C=O) groups is 1. The number of rotatable bonds is 8. The van der Waals surface area contributed by atoms with Crippen LogP contribution in [0.25, 0.3) is 0 Å². The van der Waals surface area contributed by atoms with Crippen LogP contribution in [0.1, 0.15) is 74.3 Å². The van der Waals surface area contributed by atoms with Crippen molar-refractivity contribution in [2.45, 2.75) is 63.2 Å². The van der Waals surface area contributed by atoms with Gasteiger partial charge in [0.2, 0.25) is 0 Å². The average Bonchev–Trinajstić information content (AvgIpc) is 2.59. The van der Waals surface area contributed by atoms with Gasteiger partial charge in [-0.3, -0.25) is 4.79 Å². The van der Waals surface area contributed by atoms with Crippen LogP contribution in [0.4, 0.5) is 8.78 Å². The summed E-state index contributed by atoms with van der Waals surface area (Å²) in [6, 6.07) is 13.4. The van der Waals surface area contributed by atoms with Crippen molar-refractivity contribution in [2.75, 3.05) is 0 Å². The second-order valence-electron chi connectivity index (χ2n) is 8.64. The van der Waals surface area contributed by atoms with Crippen molar-refractivity contribution in [3.63, 3.8) is 0 Å². The molecule has 28 heavy (non-hydrogen) atoms. The molecule has 0 aliphatic heterocycles. The third-order valence-electron chi connectivity index (χ3n) is 6.93. The van der Waals surface area contributed by atoms with Gasteiger partial charge in [-0.1, -0.05) is 37.1 Å². The standard InChI is InChI=1S/C25H28F2O/c26-21-11-7-19(8-12-21)24(17-3-1-4-17)15-23(28)16-25(18-5-2-6-18)20-9-13-22(27)14-10-20/h7-14,17-18,24-25H,1-6,15-16H2/t24-,25+. The fourth-order valence-electron chi connectivity index (χ4n) is 4.79. The van der Waals surface area contributed by atoms with E-state index in [9.17, 15) is 13.6 Å². The highest BCUT2D eigenvalue weighted by atomic mass is 19.1. The molecule has 2 fully saturated rings. The monoisotopic (exact) mass is 382 g/mol. The summed E-state index contributed by atoms with van der Waals surface area (Å²) in [5, 5.41) is 0. The molecule has 0 unspecified atom stereocenters. The molecule has 3 heteroatoms. The van der Waals surface area contributed by atoms with E-state index in [0.29, 0.717) is 24.7 Å². The van der Waals surface area contributed by atoms with Crippen LogP contribution in [0.15, 0.2) is 48.5 Å². The predicted octanol–water partition coefficient (Wildman–Crippen LogP) is 6.78. The van der Waals surface area contributed by atoms with Crippen molar-refractivity contribution < 1.29 is 13.6 Å². The van der Waals surface area contributed by atoms with E-state index in [0.717, 1.165) is 36.8 Å². The minimum absolute atomic E-state index is 0.192. The zero-order chi connectivity index (χ0) is 19.5. The van der Waals surface area contributed by atoms with E-state index < -0.39 is 0 Å². The van der Waals surface area contributed by atoms with E-state index >= 15 is 0 Å². The Morgan fingerprint density at radius 1 is 0.714 bits per heavy atom. The summed E-state index contributed by atoms with van der Waals surface area (Å²) in [6.07, 6.45) is 8.10. The molecule has 0 aromatic heterocycles. The van der Waals surface area contributed by atoms with Gasteiger partial charge in [0.25, 0.3) is 0 Å². The lowest BCUT2D eigenvalue weighted by atomic mass is 9.68. The summed E-state index contributed by atoms with van der Waals surface area (Å²) in [7, 11) is 0. The topological polar surface area (TPSA) is 17.1 Å². The molecule has 2 saturated carbocycles. The van der Waals surface area contributed by atoms with Gasteiger partial charge in [0, 0.05) is 12.8 Å². The number of benzene rings is 2. The van der Waals surface area contributed by atoms with Gasteiger partial charge in [-0.15, -0.1) is 0 Å². The van der Waals surface area contributed by atoms with Gasteiger partial charge in [-0.05, 0) is 84.7 Å². The Labute approximate surface area is 166 Å². The first-order valence-corrected chi connectivity index (χ1v) is 10.6. The molecule has 2 aliphatic rings. The van der Waals surface area contributed by atoms with Crippen molar-refractivity contribution in [3.05, 3.63) is 71.3 Å². The van der Waals surface area contributed by atoms with E-state index in [1.165, 1.54) is 37.1 Å². The zero-order valence-corrected chi connectivity index (χ0v) is 16.2. The van der Waals surface area contributed by atoms with Gasteiger partial charge in [0.15, 0.2) is 0 Å². The molecule has 2 aliphatic carbocycles. The number of ketones is 1. The zero-order valence-electron chi connectivity index (χ0n) is 16.2. The summed E-state index contributed by atoms with van der Waals surface area (Å²) in [4.78, 5) is 13.1. The number of carbonyl (C=O) groups excluding carboxylic acids is 1. The fourth-order valence-corrected chi connectivity index (χ4v) is 4.79. The predicted molar refractivity (Wildman–Crippen MR) is 107 cm³/mol. The van der Waals surface area contributed by atoms with Gasteiger partial charge in [-0.25, -0.2) is 8.78 Å². The summed E-state index contributed by atoms with van der Waals surface area (Å²) >= 11 is 0. The Hall–Kier alpha value is -2.03. The van der Waals surface area contributed by atoms with E-state index in [1.807, 2.05) is 24.3 Å². The summed E-state index contributed by atoms with van der Waals surface area (Å²) < 4.78 is 26.7. The molecule has 2 aromatic carbocycles. The van der Waals surface area contributed by atoms with Crippen molar-refractivity contribution in [2.24, 2.45) is 11.8 Å². The maximum absolute atomic E-state index is 13.3. The molecule has 0 heterocycles. The van der Waals surface area contributed by atoms with E-state index in [2.05, 4.69) is 0 Å². The summed E-state index contributed by atoms with van der Waals surface area (Å²) in [5.41, 5.74) is 2.17. The van der Waals surface area contributed by atoms with Crippen molar-refractivity contribution in [3.8, 4) is 0 Å². The van der Waals surface area contributed by atoms with Crippen LogP contribution in [-0.2, 0) is 4.79 Å². The van der Waals surface area contributed by atoms with E-state index in [1.54, 1.807) is 0 Å². The lowest BCUT2D eigenvalue weighted by Crippen LogP contribution is -2.26. The average molecular weight is 382 g/mol. The van der Waals surface area contributed by atoms with Crippen molar-refractivity contribution in [1.29, 1.82) is 0 Å². The summed E-state index contributed by atoms with van der Waals surface area (Å²) in [6.45, 7) is 0. The smallest absolute Gasteiger partial charge is 0.134 e. The van der Waals surface area contributed by atoms with Crippen LogP contribution < -0.4 is 0 Å². The molecular formula is C25H28F2O. The van der Waals surface area contributed by atoms with Gasteiger partial charge in [0.1, 0.15) is 17.4 Å². The minimum atomic E-state index is -0.233. The minimum Gasteiger partial charge on any atom is -0.300 e. The van der Waals surface area contributed by atoms with Crippen molar-refractivity contribution >= 4 is 5.78 Å². The summed E-state index contributed by atoms with van der Waals surface area (Å²) in [5.74, 6) is 1.26. The van der Waals surface area contributed by atoms with Crippen LogP contribution in [0, 0.1) is 23.5 Å². The Bertz CT molecular complexity index is 721. The number of hydrogen-bond donors (Lipinski definition) is 0. The van der Waals surface area contributed by atoms with Crippen LogP contribution >= 0.6 is 0 Å². The first-order chi connectivity index (χ1) is 13.6. The Morgan fingerprint density at radius 2 is 1.07 bits per heavy atom. The van der Waals surface area contributed by atoms with E-state index in [-0.39, 0.29) is 29.3 Å². The lowest BCUT2D eigenvalue weighted by Gasteiger charge is -2.36. The molecule has 2 aromatic rings. The quantitative estimate of drug-likeness (QED) is 0.492. The van der Waals surface area contributed by atoms with Gasteiger partial charge in [0.05, 0.1) is 0 Å². The Morgan fingerprint density at radius 3 is 1.36 bits per heavy atom. The first kappa shape index (κ1) is 19.3. The molecule has 0 bridgehead atoms. The first-order valence-electron chi connectivity index (χ1n) is 10.6.